The molecule has 1 aromatic heterocycles. The molecule has 0 aliphatic heterocycles. The van der Waals surface area contributed by atoms with Crippen LogP contribution in [0.3, 0.4) is 0 Å². The summed E-state index contributed by atoms with van der Waals surface area (Å²) >= 11 is 11.6. The van der Waals surface area contributed by atoms with Crippen LogP contribution in [0.25, 0.3) is 0 Å². The Balaban J connectivity index is 2.29. The van der Waals surface area contributed by atoms with Gasteiger partial charge in [-0.3, -0.25) is 9.32 Å². The first-order valence-electron chi connectivity index (χ1n) is 6.28. The molecule has 8 nitrogen and oxygen atoms in total. The molecule has 24 heavy (non-hydrogen) atoms. The van der Waals surface area contributed by atoms with Crippen LogP contribution < -0.4 is 5.32 Å². The number of halogens is 3. The third kappa shape index (κ3) is 4.54. The summed E-state index contributed by atoms with van der Waals surface area (Å²) in [4.78, 5) is 29.7. The average Bonchev–Trinajstić information content (AvgIpc) is 2.74. The molecular formula is C12H11Cl2FN3O5P. The summed E-state index contributed by atoms with van der Waals surface area (Å²) in [6.07, 6.45) is 0. The summed E-state index contributed by atoms with van der Waals surface area (Å²) < 4.78 is 29.6. The lowest BCUT2D eigenvalue weighted by molar-refractivity contribution is 0.0987. The van der Waals surface area contributed by atoms with Gasteiger partial charge in [0.05, 0.1) is 5.69 Å². The Bertz CT molecular complexity index is 838. The van der Waals surface area contributed by atoms with E-state index in [1.54, 1.807) is 13.0 Å². The van der Waals surface area contributed by atoms with Crippen LogP contribution in [0.2, 0.25) is 10.2 Å². The Labute approximate surface area is 145 Å². The first kappa shape index (κ1) is 18.9. The maximum atomic E-state index is 13.8. The van der Waals surface area contributed by atoms with Crippen molar-refractivity contribution in [3.63, 3.8) is 0 Å². The number of aromatic nitrogens is 2. The average molecular weight is 398 g/mol. The van der Waals surface area contributed by atoms with E-state index in [9.17, 15) is 13.8 Å². The van der Waals surface area contributed by atoms with E-state index in [0.29, 0.717) is 5.56 Å². The zero-order valence-corrected chi connectivity index (χ0v) is 14.4. The Morgan fingerprint density at radius 2 is 2.12 bits per heavy atom. The third-order valence-electron chi connectivity index (χ3n) is 2.79. The van der Waals surface area contributed by atoms with Crippen LogP contribution in [0.1, 0.15) is 16.1 Å². The van der Waals surface area contributed by atoms with Crippen LogP contribution in [0.5, 0.6) is 0 Å². The van der Waals surface area contributed by atoms with E-state index in [2.05, 4.69) is 14.9 Å². The maximum Gasteiger partial charge on any atom is 0.471 e. The van der Waals surface area contributed by atoms with Crippen LogP contribution in [0.15, 0.2) is 18.2 Å². The van der Waals surface area contributed by atoms with E-state index in [1.165, 1.54) is 12.1 Å². The standard InChI is InChI=1S/C12H11Cl2FN3O5P/c1-6-2-3-8(7(15)4-6)16-12(19)10-9(13)11(14)17-18(10)5-23-24(20,21)22/h2-4H,5H2,1H3,(H,16,19)(H2,20,21,22). The van der Waals surface area contributed by atoms with E-state index in [4.69, 9.17) is 33.0 Å². The molecule has 3 N–H and O–H groups in total. The summed E-state index contributed by atoms with van der Waals surface area (Å²) in [5.74, 6) is -1.54. The van der Waals surface area contributed by atoms with Gasteiger partial charge in [0.15, 0.2) is 11.9 Å². The molecule has 0 fully saturated rings. The van der Waals surface area contributed by atoms with Crippen LogP contribution >= 0.6 is 31.0 Å². The zero-order valence-electron chi connectivity index (χ0n) is 12.0. The van der Waals surface area contributed by atoms with Crippen molar-refractivity contribution < 1.29 is 28.1 Å². The minimum absolute atomic E-state index is 0.110. The van der Waals surface area contributed by atoms with Crippen LogP contribution in [-0.4, -0.2) is 25.5 Å². The summed E-state index contributed by atoms with van der Waals surface area (Å²) in [6.45, 7) is 0.898. The number of benzene rings is 1. The molecule has 0 unspecified atom stereocenters. The molecule has 0 atom stereocenters. The van der Waals surface area contributed by atoms with Gasteiger partial charge in [-0.15, -0.1) is 0 Å². The van der Waals surface area contributed by atoms with Gasteiger partial charge in [-0.2, -0.15) is 5.10 Å². The van der Waals surface area contributed by atoms with Crippen LogP contribution in [-0.2, 0) is 15.8 Å². The first-order valence-corrected chi connectivity index (χ1v) is 8.56. The molecule has 0 aliphatic carbocycles. The maximum absolute atomic E-state index is 13.8. The number of phosphoric ester groups is 1. The fraction of sp³-hybridized carbons (Fsp3) is 0.167. The molecule has 1 heterocycles. The number of anilines is 1. The van der Waals surface area contributed by atoms with Gasteiger partial charge in [0.2, 0.25) is 0 Å². The minimum Gasteiger partial charge on any atom is -0.318 e. The second-order valence-corrected chi connectivity index (χ2v) is 6.61. The summed E-state index contributed by atoms with van der Waals surface area (Å²) in [7, 11) is -4.81. The van der Waals surface area contributed by atoms with Crippen molar-refractivity contribution in [1.82, 2.24) is 9.78 Å². The van der Waals surface area contributed by atoms with E-state index >= 15 is 0 Å². The molecular weight excluding hydrogens is 387 g/mol. The smallest absolute Gasteiger partial charge is 0.318 e. The van der Waals surface area contributed by atoms with Crippen LogP contribution in [0, 0.1) is 12.7 Å². The van der Waals surface area contributed by atoms with Gasteiger partial charge in [-0.1, -0.05) is 29.3 Å². The van der Waals surface area contributed by atoms with Gasteiger partial charge in [0.1, 0.15) is 16.5 Å². The monoisotopic (exact) mass is 397 g/mol. The number of hydrogen-bond acceptors (Lipinski definition) is 4. The van der Waals surface area contributed by atoms with Gasteiger partial charge < -0.3 is 15.1 Å². The molecule has 0 radical (unpaired) electrons. The number of hydrogen-bond donors (Lipinski definition) is 3. The number of nitrogens with one attached hydrogen (secondary N) is 1. The Morgan fingerprint density at radius 3 is 2.71 bits per heavy atom. The van der Waals surface area contributed by atoms with Gasteiger partial charge in [-0.05, 0) is 24.6 Å². The highest BCUT2D eigenvalue weighted by atomic mass is 35.5. The SMILES string of the molecule is Cc1ccc(NC(=O)c2c(Cl)c(Cl)nn2COP(=O)(O)O)c(F)c1. The number of phosphoric acid groups is 1. The minimum atomic E-state index is -4.81. The number of carbonyl (C=O) groups is 1. The molecule has 2 rings (SSSR count). The van der Waals surface area contributed by atoms with Gasteiger partial charge >= 0.3 is 7.82 Å². The van der Waals surface area contributed by atoms with Gasteiger partial charge in [-0.25, -0.2) is 13.6 Å². The lowest BCUT2D eigenvalue weighted by Crippen LogP contribution is -2.19. The molecule has 0 saturated heterocycles. The lowest BCUT2D eigenvalue weighted by atomic mass is 10.2. The van der Waals surface area contributed by atoms with Crippen molar-refractivity contribution in [1.29, 1.82) is 0 Å². The Morgan fingerprint density at radius 1 is 1.46 bits per heavy atom. The van der Waals surface area contributed by atoms with E-state index in [-0.39, 0.29) is 21.6 Å². The highest BCUT2D eigenvalue weighted by Gasteiger charge is 2.24. The van der Waals surface area contributed by atoms with Crippen molar-refractivity contribution >= 4 is 42.6 Å². The largest absolute Gasteiger partial charge is 0.471 e. The number of nitrogens with zero attached hydrogens (tertiary/aromatic N) is 2. The highest BCUT2D eigenvalue weighted by Crippen LogP contribution is 2.37. The van der Waals surface area contributed by atoms with E-state index < -0.39 is 26.3 Å². The molecule has 2 aromatic rings. The molecule has 130 valence electrons. The fourth-order valence-corrected chi connectivity index (χ4v) is 2.42. The van der Waals surface area contributed by atoms with Crippen molar-refractivity contribution in [3.05, 3.63) is 45.4 Å². The van der Waals surface area contributed by atoms with Gasteiger partial charge in [0, 0.05) is 0 Å². The van der Waals surface area contributed by atoms with E-state index in [1.807, 2.05) is 0 Å². The predicted octanol–water partition coefficient (Wildman–Crippen LogP) is 2.96. The summed E-state index contributed by atoms with van der Waals surface area (Å²) in [5, 5.41) is 5.37. The van der Waals surface area contributed by atoms with Crippen LogP contribution in [0.4, 0.5) is 10.1 Å². The van der Waals surface area contributed by atoms with Gasteiger partial charge in [0.25, 0.3) is 5.91 Å². The predicted molar refractivity (Wildman–Crippen MR) is 84.5 cm³/mol. The Hall–Kier alpha value is -1.48. The number of carbonyl (C=O) groups excluding carboxylic acids is 1. The molecule has 12 heteroatoms. The quantitative estimate of drug-likeness (QED) is 0.668. The molecule has 1 amide bonds. The molecule has 0 bridgehead atoms. The molecule has 1 aromatic carbocycles. The molecule has 0 spiro atoms. The molecule has 0 aliphatic rings. The number of amides is 1. The van der Waals surface area contributed by atoms with Crippen molar-refractivity contribution in [2.75, 3.05) is 5.32 Å². The lowest BCUT2D eigenvalue weighted by Gasteiger charge is -2.10. The topological polar surface area (TPSA) is 114 Å². The number of aryl methyl sites for hydroxylation is 1. The summed E-state index contributed by atoms with van der Waals surface area (Å²) in [5.41, 5.74) is 0.211. The van der Waals surface area contributed by atoms with E-state index in [0.717, 1.165) is 4.68 Å². The van der Waals surface area contributed by atoms with Crippen molar-refractivity contribution in [3.8, 4) is 0 Å². The first-order chi connectivity index (χ1) is 11.1. The number of rotatable bonds is 5. The summed E-state index contributed by atoms with van der Waals surface area (Å²) in [6, 6.07) is 4.16. The van der Waals surface area contributed by atoms with Crippen molar-refractivity contribution in [2.45, 2.75) is 13.7 Å². The Kier molecular flexibility index (Phi) is 5.64. The second-order valence-electron chi connectivity index (χ2n) is 4.64. The highest BCUT2D eigenvalue weighted by molar-refractivity contribution is 7.46. The normalized spacial score (nSPS) is 11.6. The third-order valence-corrected chi connectivity index (χ3v) is 3.96. The van der Waals surface area contributed by atoms with Crippen molar-refractivity contribution in [2.24, 2.45) is 0 Å². The second kappa shape index (κ2) is 7.18. The fourth-order valence-electron chi connectivity index (χ4n) is 1.75. The molecule has 0 saturated carbocycles. The zero-order chi connectivity index (χ0) is 18.1.